The molecule has 1 heterocycles. The van der Waals surface area contributed by atoms with Crippen molar-refractivity contribution < 1.29 is 4.74 Å². The maximum absolute atomic E-state index is 5.32. The molecular formula is C12H21N3O. The lowest BCUT2D eigenvalue weighted by molar-refractivity contribution is 0.128. The maximum Gasteiger partial charge on any atom is 0.156 e. The molecule has 0 atom stereocenters. The molecule has 0 aromatic carbocycles. The van der Waals surface area contributed by atoms with Gasteiger partial charge in [-0.15, -0.1) is 0 Å². The molecule has 0 unspecified atom stereocenters. The molecule has 90 valence electrons. The van der Waals surface area contributed by atoms with Crippen LogP contribution in [0.15, 0.2) is 0 Å². The number of hydrogen-bond acceptors (Lipinski definition) is 4. The highest BCUT2D eigenvalue weighted by molar-refractivity contribution is 5.47. The highest BCUT2D eigenvalue weighted by Gasteiger charge is 2.13. The Bertz CT molecular complexity index is 350. The van der Waals surface area contributed by atoms with Crippen LogP contribution < -0.4 is 5.32 Å². The van der Waals surface area contributed by atoms with Crippen LogP contribution in [0.5, 0.6) is 0 Å². The van der Waals surface area contributed by atoms with Crippen molar-refractivity contribution in [3.8, 4) is 0 Å². The molecule has 0 aliphatic carbocycles. The minimum atomic E-state index is 0.420. The van der Waals surface area contributed by atoms with Gasteiger partial charge in [-0.1, -0.05) is 13.8 Å². The third-order valence-electron chi connectivity index (χ3n) is 2.43. The van der Waals surface area contributed by atoms with Crippen molar-refractivity contribution in [2.45, 2.75) is 40.2 Å². The quantitative estimate of drug-likeness (QED) is 0.833. The molecular weight excluding hydrogens is 202 g/mol. The van der Waals surface area contributed by atoms with E-state index in [2.05, 4.69) is 29.1 Å². The summed E-state index contributed by atoms with van der Waals surface area (Å²) in [4.78, 5) is 8.93. The fourth-order valence-electron chi connectivity index (χ4n) is 1.78. The van der Waals surface area contributed by atoms with Crippen LogP contribution in [-0.2, 0) is 11.3 Å². The van der Waals surface area contributed by atoms with Gasteiger partial charge in [0.25, 0.3) is 0 Å². The van der Waals surface area contributed by atoms with Gasteiger partial charge >= 0.3 is 0 Å². The largest absolute Gasteiger partial charge is 0.374 e. The summed E-state index contributed by atoms with van der Waals surface area (Å²) in [6.45, 7) is 9.44. The Kier molecular flexibility index (Phi) is 4.68. The van der Waals surface area contributed by atoms with Crippen molar-refractivity contribution in [3.63, 3.8) is 0 Å². The van der Waals surface area contributed by atoms with Crippen molar-refractivity contribution in [2.75, 3.05) is 19.0 Å². The van der Waals surface area contributed by atoms with Gasteiger partial charge in [0, 0.05) is 24.9 Å². The zero-order chi connectivity index (χ0) is 12.1. The molecule has 1 aromatic rings. The fraction of sp³-hybridized carbons (Fsp3) is 0.667. The van der Waals surface area contributed by atoms with E-state index in [4.69, 9.17) is 4.74 Å². The zero-order valence-corrected chi connectivity index (χ0v) is 10.8. The van der Waals surface area contributed by atoms with Crippen LogP contribution in [0.3, 0.4) is 0 Å². The van der Waals surface area contributed by atoms with E-state index < -0.39 is 0 Å². The molecule has 0 fully saturated rings. The summed E-state index contributed by atoms with van der Waals surface area (Å²) in [6.07, 6.45) is 0. The Hall–Kier alpha value is -1.16. The Balaban J connectivity index is 3.06. The van der Waals surface area contributed by atoms with Gasteiger partial charge in [0.2, 0.25) is 0 Å². The predicted octanol–water partition coefficient (Wildman–Crippen LogP) is 2.49. The molecule has 4 nitrogen and oxygen atoms in total. The molecule has 0 bridgehead atoms. The molecule has 0 radical (unpaired) electrons. The third kappa shape index (κ3) is 2.92. The van der Waals surface area contributed by atoms with Crippen molar-refractivity contribution in [1.82, 2.24) is 9.97 Å². The average Bonchev–Trinajstić information content (AvgIpc) is 2.24. The molecule has 16 heavy (non-hydrogen) atoms. The number of aromatic nitrogens is 2. The second-order valence-corrected chi connectivity index (χ2v) is 4.03. The maximum atomic E-state index is 5.32. The van der Waals surface area contributed by atoms with Gasteiger partial charge in [-0.3, -0.25) is 0 Å². The number of anilines is 1. The molecule has 4 heteroatoms. The fourth-order valence-corrected chi connectivity index (χ4v) is 1.78. The summed E-state index contributed by atoms with van der Waals surface area (Å²) in [5, 5.41) is 3.13. The Morgan fingerprint density at radius 2 is 2.00 bits per heavy atom. The van der Waals surface area contributed by atoms with Gasteiger partial charge < -0.3 is 10.1 Å². The monoisotopic (exact) mass is 223 g/mol. The van der Waals surface area contributed by atoms with Gasteiger partial charge in [0.1, 0.15) is 12.4 Å². The van der Waals surface area contributed by atoms with Gasteiger partial charge in [-0.05, 0) is 19.8 Å². The lowest BCUT2D eigenvalue weighted by Crippen LogP contribution is -2.09. The van der Waals surface area contributed by atoms with Crippen molar-refractivity contribution in [2.24, 2.45) is 0 Å². The van der Waals surface area contributed by atoms with Crippen LogP contribution in [0.2, 0.25) is 0 Å². The molecule has 0 aliphatic rings. The van der Waals surface area contributed by atoms with Gasteiger partial charge in [0.15, 0.2) is 5.82 Å². The highest BCUT2D eigenvalue weighted by atomic mass is 16.5. The molecule has 0 amide bonds. The summed E-state index contributed by atoms with van der Waals surface area (Å²) < 4.78 is 5.32. The average molecular weight is 223 g/mol. The lowest BCUT2D eigenvalue weighted by atomic mass is 10.0. The number of nitrogens with zero attached hydrogens (tertiary/aromatic N) is 2. The zero-order valence-electron chi connectivity index (χ0n) is 10.8. The van der Waals surface area contributed by atoms with Gasteiger partial charge in [-0.25, -0.2) is 9.97 Å². The summed E-state index contributed by atoms with van der Waals surface area (Å²) in [6, 6.07) is 0. The van der Waals surface area contributed by atoms with Crippen LogP contribution in [0.4, 0.5) is 5.82 Å². The first kappa shape index (κ1) is 12.9. The third-order valence-corrected chi connectivity index (χ3v) is 2.43. The summed E-state index contributed by atoms with van der Waals surface area (Å²) in [5.41, 5.74) is 2.21. The van der Waals surface area contributed by atoms with E-state index >= 15 is 0 Å². The molecule has 0 saturated heterocycles. The number of hydrogen-bond donors (Lipinski definition) is 1. The van der Waals surface area contributed by atoms with Gasteiger partial charge in [0.05, 0.1) is 0 Å². The minimum absolute atomic E-state index is 0.420. The topological polar surface area (TPSA) is 47.0 Å². The minimum Gasteiger partial charge on any atom is -0.374 e. The molecule has 0 aliphatic heterocycles. The van der Waals surface area contributed by atoms with Crippen LogP contribution in [0.1, 0.15) is 43.8 Å². The predicted molar refractivity (Wildman–Crippen MR) is 65.7 cm³/mol. The highest BCUT2D eigenvalue weighted by Crippen LogP contribution is 2.24. The summed E-state index contributed by atoms with van der Waals surface area (Å²) in [5.74, 6) is 2.08. The molecule has 1 rings (SSSR count). The van der Waals surface area contributed by atoms with Crippen LogP contribution in [0, 0.1) is 6.92 Å². The second-order valence-electron chi connectivity index (χ2n) is 4.03. The second kappa shape index (κ2) is 5.80. The number of nitrogens with one attached hydrogen (secondary N) is 1. The van der Waals surface area contributed by atoms with Crippen LogP contribution in [0.25, 0.3) is 0 Å². The Morgan fingerprint density at radius 1 is 1.31 bits per heavy atom. The summed E-state index contributed by atoms with van der Waals surface area (Å²) >= 11 is 0. The van der Waals surface area contributed by atoms with E-state index in [-0.39, 0.29) is 0 Å². The van der Waals surface area contributed by atoms with Crippen LogP contribution in [-0.4, -0.2) is 23.6 Å². The first-order valence-electron chi connectivity index (χ1n) is 5.73. The molecule has 0 spiro atoms. The number of rotatable bonds is 5. The van der Waals surface area contributed by atoms with Crippen molar-refractivity contribution in [3.05, 3.63) is 17.1 Å². The van der Waals surface area contributed by atoms with E-state index in [0.717, 1.165) is 17.3 Å². The Morgan fingerprint density at radius 3 is 2.50 bits per heavy atom. The van der Waals surface area contributed by atoms with Crippen molar-refractivity contribution in [1.29, 1.82) is 0 Å². The standard InChI is InChI=1S/C12H21N3O/c1-6-16-7-10-14-9(4)11(8(2)3)12(13-5)15-10/h8H,6-7H2,1-5H3,(H,13,14,15). The number of aryl methyl sites for hydroxylation is 1. The van der Waals surface area contributed by atoms with Crippen molar-refractivity contribution >= 4 is 5.82 Å². The van der Waals surface area contributed by atoms with E-state index in [9.17, 15) is 0 Å². The molecule has 0 saturated carbocycles. The summed E-state index contributed by atoms with van der Waals surface area (Å²) in [7, 11) is 1.89. The lowest BCUT2D eigenvalue weighted by Gasteiger charge is -2.15. The first-order valence-corrected chi connectivity index (χ1v) is 5.73. The normalized spacial score (nSPS) is 10.9. The molecule has 1 aromatic heterocycles. The van der Waals surface area contributed by atoms with Crippen LogP contribution >= 0.6 is 0 Å². The van der Waals surface area contributed by atoms with E-state index in [1.165, 1.54) is 5.56 Å². The number of ether oxygens (including phenoxy) is 1. The molecule has 1 N–H and O–H groups in total. The SMILES string of the molecule is CCOCc1nc(C)c(C(C)C)c(NC)n1. The van der Waals surface area contributed by atoms with Gasteiger partial charge in [-0.2, -0.15) is 0 Å². The van der Waals surface area contributed by atoms with E-state index in [1.807, 2.05) is 20.9 Å². The smallest absolute Gasteiger partial charge is 0.156 e. The first-order chi connectivity index (χ1) is 7.60. The van der Waals surface area contributed by atoms with E-state index in [1.54, 1.807) is 0 Å². The van der Waals surface area contributed by atoms with E-state index in [0.29, 0.717) is 19.1 Å². The Labute approximate surface area is 97.5 Å².